The van der Waals surface area contributed by atoms with E-state index in [1.807, 2.05) is 48.5 Å². The van der Waals surface area contributed by atoms with Gasteiger partial charge in [0.15, 0.2) is 5.69 Å². The van der Waals surface area contributed by atoms with Gasteiger partial charge in [0.05, 0.1) is 11.9 Å². The topological polar surface area (TPSA) is 92.9 Å². The molecule has 1 amide bonds. The number of hydrogen-bond acceptors (Lipinski definition) is 5. The van der Waals surface area contributed by atoms with E-state index in [0.717, 1.165) is 11.4 Å². The summed E-state index contributed by atoms with van der Waals surface area (Å²) in [6.07, 6.45) is 3.88. The average Bonchev–Trinajstić information content (AvgIpc) is 3.17. The van der Waals surface area contributed by atoms with Gasteiger partial charge in [-0.3, -0.25) is 9.78 Å². The molecule has 0 aliphatic rings. The number of rotatable bonds is 7. The molecule has 3 aromatic rings. The molecule has 0 aliphatic heterocycles. The first kappa shape index (κ1) is 16.8. The summed E-state index contributed by atoms with van der Waals surface area (Å²) in [5, 5.41) is 20.2. The van der Waals surface area contributed by atoms with Crippen molar-refractivity contribution < 1.29 is 9.90 Å². The Labute approximate surface area is 145 Å². The number of hydrogen-bond donors (Lipinski definition) is 2. The highest BCUT2D eigenvalue weighted by atomic mass is 16.3. The van der Waals surface area contributed by atoms with Crippen LogP contribution in [0.15, 0.2) is 60.9 Å². The first-order valence-electron chi connectivity index (χ1n) is 8.03. The van der Waals surface area contributed by atoms with E-state index in [2.05, 4.69) is 20.6 Å². The molecule has 7 nitrogen and oxygen atoms in total. The Hall–Kier alpha value is -3.06. The van der Waals surface area contributed by atoms with Gasteiger partial charge in [-0.2, -0.15) is 0 Å². The van der Waals surface area contributed by atoms with E-state index in [1.54, 1.807) is 17.1 Å². The van der Waals surface area contributed by atoms with Crippen LogP contribution < -0.4 is 5.32 Å². The van der Waals surface area contributed by atoms with Gasteiger partial charge >= 0.3 is 0 Å². The van der Waals surface area contributed by atoms with Crippen LogP contribution in [0.1, 0.15) is 16.2 Å². The standard InChI is InChI=1S/C18H19N5O2/c24-13-14(10-15-6-4-5-9-19-15)11-20-18(25)17-12-23(22-21-17)16-7-2-1-3-8-16/h1-9,12,14,24H,10-11,13H2,(H,20,25). The number of nitrogens with zero attached hydrogens (tertiary/aromatic N) is 4. The van der Waals surface area contributed by atoms with Crippen LogP contribution in [-0.2, 0) is 6.42 Å². The van der Waals surface area contributed by atoms with Crippen LogP contribution in [0.3, 0.4) is 0 Å². The van der Waals surface area contributed by atoms with Crippen molar-refractivity contribution in [2.75, 3.05) is 13.2 Å². The van der Waals surface area contributed by atoms with Gasteiger partial charge in [0.2, 0.25) is 0 Å². The van der Waals surface area contributed by atoms with Gasteiger partial charge in [0, 0.05) is 31.0 Å². The maximum Gasteiger partial charge on any atom is 0.273 e. The molecular weight excluding hydrogens is 318 g/mol. The molecule has 0 radical (unpaired) electrons. The first-order chi connectivity index (χ1) is 12.3. The summed E-state index contributed by atoms with van der Waals surface area (Å²) in [5.41, 5.74) is 1.95. The number of aliphatic hydroxyl groups excluding tert-OH is 1. The summed E-state index contributed by atoms with van der Waals surface area (Å²) in [5.74, 6) is -0.426. The Morgan fingerprint density at radius 1 is 1.16 bits per heavy atom. The van der Waals surface area contributed by atoms with Gasteiger partial charge in [-0.05, 0) is 30.7 Å². The zero-order valence-corrected chi connectivity index (χ0v) is 13.6. The smallest absolute Gasteiger partial charge is 0.273 e. The van der Waals surface area contributed by atoms with Crippen LogP contribution in [0.2, 0.25) is 0 Å². The first-order valence-corrected chi connectivity index (χ1v) is 8.03. The van der Waals surface area contributed by atoms with Gasteiger partial charge in [0.25, 0.3) is 5.91 Å². The van der Waals surface area contributed by atoms with Crippen LogP contribution >= 0.6 is 0 Å². The summed E-state index contributed by atoms with van der Waals surface area (Å²) in [7, 11) is 0. The molecule has 0 saturated carbocycles. The van der Waals surface area contributed by atoms with E-state index in [9.17, 15) is 9.90 Å². The fourth-order valence-corrected chi connectivity index (χ4v) is 2.42. The molecule has 1 aromatic carbocycles. The van der Waals surface area contributed by atoms with Crippen LogP contribution in [0.5, 0.6) is 0 Å². The molecule has 0 aliphatic carbocycles. The van der Waals surface area contributed by atoms with Crippen molar-refractivity contribution >= 4 is 5.91 Å². The van der Waals surface area contributed by atoms with E-state index in [4.69, 9.17) is 0 Å². The molecule has 2 aromatic heterocycles. The minimum absolute atomic E-state index is 0.0342. The molecule has 128 valence electrons. The highest BCUT2D eigenvalue weighted by molar-refractivity contribution is 5.91. The van der Waals surface area contributed by atoms with Crippen molar-refractivity contribution in [2.45, 2.75) is 6.42 Å². The number of para-hydroxylation sites is 1. The normalized spacial score (nSPS) is 11.9. The molecular formula is C18H19N5O2. The minimum atomic E-state index is -0.318. The minimum Gasteiger partial charge on any atom is -0.396 e. The monoisotopic (exact) mass is 337 g/mol. The second-order valence-corrected chi connectivity index (χ2v) is 5.67. The maximum atomic E-state index is 12.2. The third kappa shape index (κ3) is 4.48. The number of aromatic nitrogens is 4. The van der Waals surface area contributed by atoms with E-state index in [0.29, 0.717) is 13.0 Å². The van der Waals surface area contributed by atoms with Crippen molar-refractivity contribution in [3.8, 4) is 5.69 Å². The molecule has 2 heterocycles. The van der Waals surface area contributed by atoms with Crippen LogP contribution in [0, 0.1) is 5.92 Å². The summed E-state index contributed by atoms with van der Waals surface area (Å²) in [6, 6.07) is 15.1. The number of carbonyl (C=O) groups is 1. The molecule has 0 spiro atoms. The number of aliphatic hydroxyl groups is 1. The molecule has 25 heavy (non-hydrogen) atoms. The second kappa shape index (κ2) is 8.16. The average molecular weight is 337 g/mol. The number of carbonyl (C=O) groups excluding carboxylic acids is 1. The second-order valence-electron chi connectivity index (χ2n) is 5.67. The van der Waals surface area contributed by atoms with E-state index in [1.165, 1.54) is 0 Å². The van der Waals surface area contributed by atoms with Crippen LogP contribution in [0.4, 0.5) is 0 Å². The highest BCUT2D eigenvalue weighted by Crippen LogP contribution is 2.07. The zero-order chi connectivity index (χ0) is 17.5. The van der Waals surface area contributed by atoms with Crippen molar-refractivity contribution in [1.29, 1.82) is 0 Å². The van der Waals surface area contributed by atoms with Crippen molar-refractivity contribution in [2.24, 2.45) is 5.92 Å². The summed E-state index contributed by atoms with van der Waals surface area (Å²) >= 11 is 0. The van der Waals surface area contributed by atoms with Crippen LogP contribution in [-0.4, -0.2) is 44.1 Å². The quantitative estimate of drug-likeness (QED) is 0.677. The third-order valence-corrected chi connectivity index (χ3v) is 3.78. The molecule has 1 atom stereocenters. The molecule has 1 unspecified atom stereocenters. The molecule has 0 fully saturated rings. The summed E-state index contributed by atoms with van der Waals surface area (Å²) in [6.45, 7) is 0.303. The van der Waals surface area contributed by atoms with E-state index in [-0.39, 0.29) is 24.1 Å². The SMILES string of the molecule is O=C(NCC(CO)Cc1ccccn1)c1cn(-c2ccccc2)nn1. The lowest BCUT2D eigenvalue weighted by Crippen LogP contribution is -2.32. The summed E-state index contributed by atoms with van der Waals surface area (Å²) in [4.78, 5) is 16.5. The van der Waals surface area contributed by atoms with Crippen molar-refractivity contribution in [3.63, 3.8) is 0 Å². The fourth-order valence-electron chi connectivity index (χ4n) is 2.42. The molecule has 3 rings (SSSR count). The van der Waals surface area contributed by atoms with Crippen LogP contribution in [0.25, 0.3) is 5.69 Å². The lowest BCUT2D eigenvalue weighted by molar-refractivity contribution is 0.0934. The van der Waals surface area contributed by atoms with E-state index < -0.39 is 0 Å². The fraction of sp³-hybridized carbons (Fsp3) is 0.222. The molecule has 0 saturated heterocycles. The Morgan fingerprint density at radius 2 is 1.96 bits per heavy atom. The third-order valence-electron chi connectivity index (χ3n) is 3.78. The van der Waals surface area contributed by atoms with Gasteiger partial charge in [-0.15, -0.1) is 5.10 Å². The maximum absolute atomic E-state index is 12.2. The number of benzene rings is 1. The predicted molar refractivity (Wildman–Crippen MR) is 92.2 cm³/mol. The Balaban J connectivity index is 1.57. The predicted octanol–water partition coefficient (Wildman–Crippen LogP) is 1.24. The lowest BCUT2D eigenvalue weighted by atomic mass is 10.0. The largest absolute Gasteiger partial charge is 0.396 e. The van der Waals surface area contributed by atoms with Gasteiger partial charge < -0.3 is 10.4 Å². The zero-order valence-electron chi connectivity index (χ0n) is 13.6. The van der Waals surface area contributed by atoms with Gasteiger partial charge in [-0.25, -0.2) is 4.68 Å². The number of pyridine rings is 1. The van der Waals surface area contributed by atoms with Crippen molar-refractivity contribution in [3.05, 3.63) is 72.3 Å². The number of amides is 1. The summed E-state index contributed by atoms with van der Waals surface area (Å²) < 4.78 is 1.55. The van der Waals surface area contributed by atoms with Gasteiger partial charge in [0.1, 0.15) is 0 Å². The Kier molecular flexibility index (Phi) is 5.48. The van der Waals surface area contributed by atoms with Crippen molar-refractivity contribution in [1.82, 2.24) is 25.3 Å². The lowest BCUT2D eigenvalue weighted by Gasteiger charge is -2.14. The van der Waals surface area contributed by atoms with E-state index >= 15 is 0 Å². The molecule has 0 bridgehead atoms. The van der Waals surface area contributed by atoms with Gasteiger partial charge in [-0.1, -0.05) is 29.5 Å². The molecule has 2 N–H and O–H groups in total. The highest BCUT2D eigenvalue weighted by Gasteiger charge is 2.15. The Morgan fingerprint density at radius 3 is 2.68 bits per heavy atom. The number of nitrogens with one attached hydrogen (secondary N) is 1. The molecule has 7 heteroatoms. The Bertz CT molecular complexity index is 805.